The molecule has 0 saturated heterocycles. The van der Waals surface area contributed by atoms with E-state index < -0.39 is 5.97 Å². The topological polar surface area (TPSA) is 75.4 Å². The van der Waals surface area contributed by atoms with E-state index in [0.29, 0.717) is 11.3 Å². The second kappa shape index (κ2) is 7.50. The number of methoxy groups -OCH3 is 2. The van der Waals surface area contributed by atoms with E-state index in [1.165, 1.54) is 14.2 Å². The number of fused-ring (bicyclic) bond motifs is 1. The van der Waals surface area contributed by atoms with Crippen molar-refractivity contribution in [2.75, 3.05) is 14.2 Å². The van der Waals surface area contributed by atoms with Crippen LogP contribution in [0, 0.1) is 0 Å². The molecule has 2 heterocycles. The Bertz CT molecular complexity index is 1060. The molecule has 0 N–H and O–H groups in total. The summed E-state index contributed by atoms with van der Waals surface area (Å²) in [5, 5.41) is 5.58. The number of esters is 1. The van der Waals surface area contributed by atoms with Gasteiger partial charge in [0.25, 0.3) is 5.56 Å². The van der Waals surface area contributed by atoms with Crippen LogP contribution in [-0.2, 0) is 4.74 Å². The van der Waals surface area contributed by atoms with Crippen molar-refractivity contribution < 1.29 is 14.3 Å². The summed E-state index contributed by atoms with van der Waals surface area (Å²) in [4.78, 5) is 24.0. The number of hydrogen-bond acceptors (Lipinski definition) is 5. The van der Waals surface area contributed by atoms with Crippen LogP contribution in [0.25, 0.3) is 10.9 Å². The zero-order valence-corrected chi connectivity index (χ0v) is 16.0. The second-order valence-corrected chi connectivity index (χ2v) is 7.12. The minimum absolute atomic E-state index is 0.0539. The SMILES string of the molecule is COC(=O)c1cc2cn([C@H]3CC[C@H](n4ccccc4=O)CC3)nc2cc1OC. The van der Waals surface area contributed by atoms with Gasteiger partial charge in [0, 0.05) is 36.0 Å². The van der Waals surface area contributed by atoms with E-state index in [1.807, 2.05) is 27.7 Å². The molecule has 0 amide bonds. The number of pyridine rings is 1. The van der Waals surface area contributed by atoms with Gasteiger partial charge in [0.2, 0.25) is 0 Å². The molecular formula is C21H23N3O4. The van der Waals surface area contributed by atoms with Gasteiger partial charge in [-0.3, -0.25) is 9.48 Å². The lowest BCUT2D eigenvalue weighted by Crippen LogP contribution is -2.27. The lowest BCUT2D eigenvalue weighted by Gasteiger charge is -2.29. The highest BCUT2D eigenvalue weighted by molar-refractivity contribution is 5.97. The van der Waals surface area contributed by atoms with Crippen molar-refractivity contribution in [1.82, 2.24) is 14.3 Å². The Morgan fingerprint density at radius 2 is 1.86 bits per heavy atom. The highest BCUT2D eigenvalue weighted by Gasteiger charge is 2.25. The molecule has 1 saturated carbocycles. The van der Waals surface area contributed by atoms with Gasteiger partial charge in [0.15, 0.2) is 0 Å². The third-order valence-electron chi connectivity index (χ3n) is 5.53. The highest BCUT2D eigenvalue weighted by atomic mass is 16.5. The molecule has 2 aromatic heterocycles. The number of benzene rings is 1. The summed E-state index contributed by atoms with van der Waals surface area (Å²) in [5.41, 5.74) is 1.23. The second-order valence-electron chi connectivity index (χ2n) is 7.12. The van der Waals surface area contributed by atoms with E-state index in [2.05, 4.69) is 0 Å². The van der Waals surface area contributed by atoms with Crippen molar-refractivity contribution in [3.8, 4) is 5.75 Å². The molecule has 7 heteroatoms. The van der Waals surface area contributed by atoms with Gasteiger partial charge in [-0.2, -0.15) is 5.10 Å². The van der Waals surface area contributed by atoms with Gasteiger partial charge in [0.1, 0.15) is 11.3 Å². The first-order chi connectivity index (χ1) is 13.6. The van der Waals surface area contributed by atoms with Crippen LogP contribution in [0.2, 0.25) is 0 Å². The maximum atomic E-state index is 12.1. The minimum Gasteiger partial charge on any atom is -0.496 e. The maximum Gasteiger partial charge on any atom is 0.341 e. The van der Waals surface area contributed by atoms with E-state index in [9.17, 15) is 9.59 Å². The van der Waals surface area contributed by atoms with E-state index in [0.717, 1.165) is 36.6 Å². The van der Waals surface area contributed by atoms with Gasteiger partial charge in [-0.25, -0.2) is 4.79 Å². The predicted octanol–water partition coefficient (Wildman–Crippen LogP) is 3.35. The zero-order valence-electron chi connectivity index (χ0n) is 16.0. The summed E-state index contributed by atoms with van der Waals surface area (Å²) < 4.78 is 14.0. The van der Waals surface area contributed by atoms with Crippen LogP contribution in [0.1, 0.15) is 48.1 Å². The monoisotopic (exact) mass is 381 g/mol. The normalized spacial score (nSPS) is 19.5. The minimum atomic E-state index is -0.430. The van der Waals surface area contributed by atoms with Crippen LogP contribution >= 0.6 is 0 Å². The van der Waals surface area contributed by atoms with Crippen LogP contribution in [0.3, 0.4) is 0 Å². The van der Waals surface area contributed by atoms with E-state index in [-0.39, 0.29) is 17.6 Å². The third-order valence-corrected chi connectivity index (χ3v) is 5.53. The molecule has 0 radical (unpaired) electrons. The maximum absolute atomic E-state index is 12.1. The molecule has 0 unspecified atom stereocenters. The lowest BCUT2D eigenvalue weighted by molar-refractivity contribution is 0.0597. The third kappa shape index (κ3) is 3.28. The van der Waals surface area contributed by atoms with Gasteiger partial charge < -0.3 is 14.0 Å². The number of carbonyl (C=O) groups excluding carboxylic acids is 1. The van der Waals surface area contributed by atoms with Crippen molar-refractivity contribution >= 4 is 16.9 Å². The van der Waals surface area contributed by atoms with Gasteiger partial charge in [-0.15, -0.1) is 0 Å². The quantitative estimate of drug-likeness (QED) is 0.648. The van der Waals surface area contributed by atoms with Crippen molar-refractivity contribution in [2.24, 2.45) is 0 Å². The molecule has 1 aliphatic rings. The molecule has 7 nitrogen and oxygen atoms in total. The first-order valence-electron chi connectivity index (χ1n) is 9.43. The average molecular weight is 381 g/mol. The van der Waals surface area contributed by atoms with E-state index >= 15 is 0 Å². The number of ether oxygens (including phenoxy) is 2. The number of carbonyl (C=O) groups is 1. The Kier molecular flexibility index (Phi) is 4.90. The smallest absolute Gasteiger partial charge is 0.341 e. The first-order valence-corrected chi connectivity index (χ1v) is 9.43. The Labute approximate surface area is 162 Å². The molecule has 0 aliphatic heterocycles. The van der Waals surface area contributed by atoms with Crippen molar-refractivity contribution in [2.45, 2.75) is 37.8 Å². The van der Waals surface area contributed by atoms with Crippen LogP contribution in [0.4, 0.5) is 0 Å². The number of aromatic nitrogens is 3. The molecule has 0 bridgehead atoms. The van der Waals surface area contributed by atoms with Crippen LogP contribution < -0.4 is 10.3 Å². The summed E-state index contributed by atoms with van der Waals surface area (Å²) in [7, 11) is 2.88. The van der Waals surface area contributed by atoms with Gasteiger partial charge in [-0.1, -0.05) is 6.07 Å². The summed E-state index contributed by atoms with van der Waals surface area (Å²) in [6.07, 6.45) is 7.60. The lowest BCUT2D eigenvalue weighted by atomic mass is 9.91. The van der Waals surface area contributed by atoms with Crippen LogP contribution in [0.15, 0.2) is 47.5 Å². The summed E-state index contributed by atoms with van der Waals surface area (Å²) >= 11 is 0. The first kappa shape index (κ1) is 18.3. The Balaban J connectivity index is 1.56. The molecule has 28 heavy (non-hydrogen) atoms. The Morgan fingerprint density at radius 3 is 2.54 bits per heavy atom. The summed E-state index contributed by atoms with van der Waals surface area (Å²) in [6.45, 7) is 0. The fourth-order valence-corrected chi connectivity index (χ4v) is 4.04. The Morgan fingerprint density at radius 1 is 1.11 bits per heavy atom. The van der Waals surface area contributed by atoms with Gasteiger partial charge in [-0.05, 0) is 37.8 Å². The molecule has 1 aromatic carbocycles. The molecule has 0 atom stereocenters. The molecule has 0 spiro atoms. The fourth-order valence-electron chi connectivity index (χ4n) is 4.04. The molecule has 1 aliphatic carbocycles. The largest absolute Gasteiger partial charge is 0.496 e. The van der Waals surface area contributed by atoms with Crippen molar-refractivity contribution in [3.63, 3.8) is 0 Å². The van der Waals surface area contributed by atoms with Crippen molar-refractivity contribution in [3.05, 3.63) is 58.6 Å². The highest BCUT2D eigenvalue weighted by Crippen LogP contribution is 2.35. The average Bonchev–Trinajstić information content (AvgIpc) is 3.15. The van der Waals surface area contributed by atoms with Crippen molar-refractivity contribution in [1.29, 1.82) is 0 Å². The molecule has 146 valence electrons. The summed E-state index contributed by atoms with van der Waals surface area (Å²) in [6, 6.07) is 9.33. The number of hydrogen-bond donors (Lipinski definition) is 0. The zero-order chi connectivity index (χ0) is 19.7. The number of rotatable bonds is 4. The Hall–Kier alpha value is -3.09. The van der Waals surface area contributed by atoms with E-state index in [1.54, 1.807) is 24.3 Å². The van der Waals surface area contributed by atoms with Crippen LogP contribution in [-0.4, -0.2) is 34.5 Å². The molecule has 1 fully saturated rings. The molecular weight excluding hydrogens is 358 g/mol. The predicted molar refractivity (Wildman–Crippen MR) is 105 cm³/mol. The van der Waals surface area contributed by atoms with Gasteiger partial charge in [0.05, 0.1) is 25.8 Å². The van der Waals surface area contributed by atoms with Gasteiger partial charge >= 0.3 is 5.97 Å². The summed E-state index contributed by atoms with van der Waals surface area (Å²) in [5.74, 6) is 0.0251. The number of nitrogens with zero attached hydrogens (tertiary/aromatic N) is 3. The van der Waals surface area contributed by atoms with E-state index in [4.69, 9.17) is 14.6 Å². The molecule has 3 aromatic rings. The van der Waals surface area contributed by atoms with Crippen LogP contribution in [0.5, 0.6) is 5.75 Å². The molecule has 4 rings (SSSR count). The fraction of sp³-hybridized carbons (Fsp3) is 0.381. The standard InChI is InChI=1S/C21H23N3O4/c1-27-19-12-18-14(11-17(19)21(26)28-2)13-24(22-18)16-8-6-15(7-9-16)23-10-4-3-5-20(23)25/h3-5,10-13,15-16H,6-9H2,1-2H3/t15-,16-.